The highest BCUT2D eigenvalue weighted by Crippen LogP contribution is 2.48. The Morgan fingerprint density at radius 2 is 1.30 bits per heavy atom. The van der Waals surface area contributed by atoms with Gasteiger partial charge in [0.25, 0.3) is 0 Å². The van der Waals surface area contributed by atoms with Gasteiger partial charge in [0.2, 0.25) is 0 Å². The van der Waals surface area contributed by atoms with E-state index in [2.05, 4.69) is 77.8 Å². The summed E-state index contributed by atoms with van der Waals surface area (Å²) in [6.45, 7) is 0. The van der Waals surface area contributed by atoms with Crippen LogP contribution in [0, 0.1) is 6.42 Å². The summed E-state index contributed by atoms with van der Waals surface area (Å²) in [6.07, 6.45) is 2.34. The molecule has 23 heavy (non-hydrogen) atoms. The van der Waals surface area contributed by atoms with Crippen molar-refractivity contribution in [3.63, 3.8) is 0 Å². The van der Waals surface area contributed by atoms with Crippen molar-refractivity contribution in [1.29, 1.82) is 0 Å². The predicted octanol–water partition coefficient (Wildman–Crippen LogP) is 6.72. The minimum atomic E-state index is 1.32. The summed E-state index contributed by atoms with van der Waals surface area (Å²) < 4.78 is 0. The fraction of sp³-hybridized carbons (Fsp3) is 0. The van der Waals surface area contributed by atoms with E-state index in [1.54, 1.807) is 0 Å². The largest absolute Gasteiger partial charge is 0.144 e. The van der Waals surface area contributed by atoms with E-state index in [-0.39, 0.29) is 0 Å². The molecule has 0 atom stereocenters. The molecule has 5 rings (SSSR count). The topological polar surface area (TPSA) is 0 Å². The second-order valence-corrected chi connectivity index (χ2v) is 7.53. The number of hydrogen-bond donors (Lipinski definition) is 0. The van der Waals surface area contributed by atoms with Crippen LogP contribution in [0.4, 0.5) is 0 Å². The van der Waals surface area contributed by atoms with Crippen molar-refractivity contribution in [2.45, 2.75) is 0 Å². The van der Waals surface area contributed by atoms with E-state index in [9.17, 15) is 0 Å². The van der Waals surface area contributed by atoms with Crippen LogP contribution in [0.25, 0.3) is 32.0 Å². The van der Waals surface area contributed by atoms with Crippen LogP contribution in [0.15, 0.2) is 71.4 Å². The SMILES string of the molecule is [CH]1c2ccccc2-c2ccc(-c3cccs3)c(-c3cccs3)c21. The highest BCUT2D eigenvalue weighted by Gasteiger charge is 2.24. The third kappa shape index (κ3) is 2.03. The summed E-state index contributed by atoms with van der Waals surface area (Å²) in [7, 11) is 0. The molecular weight excluding hydrogens is 316 g/mol. The van der Waals surface area contributed by atoms with Crippen molar-refractivity contribution in [2.75, 3.05) is 0 Å². The maximum absolute atomic E-state index is 2.34. The lowest BCUT2D eigenvalue weighted by atomic mass is 9.94. The maximum atomic E-state index is 2.34. The Morgan fingerprint density at radius 1 is 0.565 bits per heavy atom. The van der Waals surface area contributed by atoms with Crippen molar-refractivity contribution in [3.05, 3.63) is 89.0 Å². The van der Waals surface area contributed by atoms with Crippen LogP contribution in [0.2, 0.25) is 0 Å². The van der Waals surface area contributed by atoms with Crippen molar-refractivity contribution in [2.24, 2.45) is 0 Å². The molecule has 2 heterocycles. The number of fused-ring (bicyclic) bond motifs is 3. The third-order valence-electron chi connectivity index (χ3n) is 4.35. The molecule has 1 radical (unpaired) electrons. The van der Waals surface area contributed by atoms with E-state index in [0.717, 1.165) is 0 Å². The zero-order chi connectivity index (χ0) is 15.2. The van der Waals surface area contributed by atoms with Gasteiger partial charge >= 0.3 is 0 Å². The average Bonchev–Trinajstić information content (AvgIpc) is 3.33. The highest BCUT2D eigenvalue weighted by atomic mass is 32.1. The van der Waals surface area contributed by atoms with Gasteiger partial charge < -0.3 is 0 Å². The summed E-state index contributed by atoms with van der Waals surface area (Å²) in [5.74, 6) is 0. The Labute approximate surface area is 143 Å². The minimum absolute atomic E-state index is 1.32. The normalized spacial score (nSPS) is 12.2. The van der Waals surface area contributed by atoms with Gasteiger partial charge in [-0.25, -0.2) is 0 Å². The van der Waals surface area contributed by atoms with Gasteiger partial charge in [0.15, 0.2) is 0 Å². The number of rotatable bonds is 2. The molecule has 0 fully saturated rings. The zero-order valence-electron chi connectivity index (χ0n) is 12.3. The minimum Gasteiger partial charge on any atom is -0.144 e. The molecule has 0 nitrogen and oxygen atoms in total. The van der Waals surface area contributed by atoms with Crippen LogP contribution in [0.3, 0.4) is 0 Å². The first kappa shape index (κ1) is 13.3. The van der Waals surface area contributed by atoms with E-state index in [1.807, 2.05) is 22.7 Å². The fourth-order valence-corrected chi connectivity index (χ4v) is 4.91. The fourth-order valence-electron chi connectivity index (χ4n) is 3.35. The molecule has 0 saturated heterocycles. The zero-order valence-corrected chi connectivity index (χ0v) is 14.0. The van der Waals surface area contributed by atoms with Crippen molar-refractivity contribution >= 4 is 22.7 Å². The molecule has 0 unspecified atom stereocenters. The molecule has 0 N–H and O–H groups in total. The lowest BCUT2D eigenvalue weighted by molar-refractivity contribution is 1.54. The Balaban J connectivity index is 1.83. The molecule has 109 valence electrons. The monoisotopic (exact) mass is 329 g/mol. The predicted molar refractivity (Wildman–Crippen MR) is 101 cm³/mol. The van der Waals surface area contributed by atoms with Gasteiger partial charge in [-0.1, -0.05) is 48.5 Å². The van der Waals surface area contributed by atoms with Gasteiger partial charge in [-0.2, -0.15) is 0 Å². The van der Waals surface area contributed by atoms with E-state index in [0.29, 0.717) is 0 Å². The standard InChI is InChI=1S/C21H13S2/c1-2-6-15-14(5-1)13-18-16(15)9-10-17(19-7-3-11-22-19)21(18)20-8-4-12-23-20/h1-13H. The van der Waals surface area contributed by atoms with Gasteiger partial charge in [-0.3, -0.25) is 0 Å². The molecule has 0 spiro atoms. The molecule has 4 aromatic rings. The van der Waals surface area contributed by atoms with Crippen LogP contribution in [-0.2, 0) is 0 Å². The second-order valence-electron chi connectivity index (χ2n) is 5.64. The second kappa shape index (κ2) is 5.19. The van der Waals surface area contributed by atoms with Crippen LogP contribution in [-0.4, -0.2) is 0 Å². The first-order chi connectivity index (χ1) is 11.4. The Hall–Kier alpha value is -2.16. The molecular formula is C21H13S2. The maximum Gasteiger partial charge on any atom is 0.0352 e. The average molecular weight is 329 g/mol. The summed E-state index contributed by atoms with van der Waals surface area (Å²) in [5, 5.41) is 4.31. The van der Waals surface area contributed by atoms with Gasteiger partial charge in [0.05, 0.1) is 0 Å². The van der Waals surface area contributed by atoms with E-state index in [1.165, 1.54) is 43.1 Å². The summed E-state index contributed by atoms with van der Waals surface area (Å²) >= 11 is 3.62. The van der Waals surface area contributed by atoms with Crippen molar-refractivity contribution < 1.29 is 0 Å². The molecule has 2 heteroatoms. The smallest absolute Gasteiger partial charge is 0.0352 e. The van der Waals surface area contributed by atoms with E-state index in [4.69, 9.17) is 0 Å². The highest BCUT2D eigenvalue weighted by molar-refractivity contribution is 7.14. The molecule has 0 amide bonds. The van der Waals surface area contributed by atoms with Crippen LogP contribution in [0.1, 0.15) is 11.1 Å². The molecule has 0 bridgehead atoms. The van der Waals surface area contributed by atoms with E-state index < -0.39 is 0 Å². The lowest BCUT2D eigenvalue weighted by Crippen LogP contribution is -1.89. The molecule has 2 aromatic heterocycles. The molecule has 0 aliphatic heterocycles. The van der Waals surface area contributed by atoms with Crippen LogP contribution >= 0.6 is 22.7 Å². The van der Waals surface area contributed by atoms with Crippen LogP contribution < -0.4 is 0 Å². The van der Waals surface area contributed by atoms with Crippen molar-refractivity contribution in [3.8, 4) is 32.0 Å². The molecule has 0 saturated carbocycles. The van der Waals surface area contributed by atoms with Gasteiger partial charge in [0.1, 0.15) is 0 Å². The number of benzene rings is 2. The molecule has 2 aromatic carbocycles. The summed E-state index contributed by atoms with van der Waals surface area (Å²) in [5.41, 5.74) is 8.09. The van der Waals surface area contributed by atoms with Gasteiger partial charge in [-0.05, 0) is 45.1 Å². The third-order valence-corrected chi connectivity index (χ3v) is 6.14. The first-order valence-electron chi connectivity index (χ1n) is 7.61. The Morgan fingerprint density at radius 3 is 2.09 bits per heavy atom. The van der Waals surface area contributed by atoms with E-state index >= 15 is 0 Å². The molecule has 1 aliphatic rings. The molecule has 1 aliphatic carbocycles. The van der Waals surface area contributed by atoms with Gasteiger partial charge in [-0.15, -0.1) is 22.7 Å². The number of hydrogen-bond acceptors (Lipinski definition) is 2. The van der Waals surface area contributed by atoms with Crippen molar-refractivity contribution in [1.82, 2.24) is 0 Å². The first-order valence-corrected chi connectivity index (χ1v) is 9.37. The summed E-state index contributed by atoms with van der Waals surface area (Å²) in [6, 6.07) is 22.0. The Bertz CT molecular complexity index is 977. The Kier molecular flexibility index (Phi) is 3.00. The lowest BCUT2D eigenvalue weighted by Gasteiger charge is -2.13. The summed E-state index contributed by atoms with van der Waals surface area (Å²) in [4.78, 5) is 2.68. The van der Waals surface area contributed by atoms with Crippen LogP contribution in [0.5, 0.6) is 0 Å². The number of thiophene rings is 2. The quantitative estimate of drug-likeness (QED) is 0.337. The van der Waals surface area contributed by atoms with Gasteiger partial charge in [0, 0.05) is 27.3 Å².